The minimum Gasteiger partial charge on any atom is -0.361 e. The van der Waals surface area contributed by atoms with E-state index in [2.05, 4.69) is 25.6 Å². The van der Waals surface area contributed by atoms with E-state index in [9.17, 15) is 4.79 Å². The molecule has 0 saturated carbocycles. The number of nitrogens with zero attached hydrogens (tertiary/aromatic N) is 4. The van der Waals surface area contributed by atoms with Crippen LogP contribution in [0.15, 0.2) is 39.4 Å². The Hall–Kier alpha value is -3.07. The lowest BCUT2D eigenvalue weighted by Crippen LogP contribution is -2.22. The molecule has 3 aromatic heterocycles. The number of hydrogen-bond acceptors (Lipinski definition) is 8. The van der Waals surface area contributed by atoms with E-state index in [0.717, 1.165) is 10.2 Å². The lowest BCUT2D eigenvalue weighted by Gasteiger charge is -1.97. The Labute approximate surface area is 139 Å². The van der Waals surface area contributed by atoms with E-state index in [1.165, 1.54) is 11.3 Å². The van der Waals surface area contributed by atoms with Crippen LogP contribution in [0.4, 0.5) is 0 Å². The highest BCUT2D eigenvalue weighted by Gasteiger charge is 2.15. The lowest BCUT2D eigenvalue weighted by molar-refractivity contribution is 0.0946. The summed E-state index contributed by atoms with van der Waals surface area (Å²) in [6.07, 6.45) is 0. The maximum atomic E-state index is 12.2. The molecule has 0 atom stereocenters. The molecule has 1 N–H and O–H groups in total. The van der Waals surface area contributed by atoms with Gasteiger partial charge in [-0.3, -0.25) is 4.79 Å². The average Bonchev–Trinajstić information content (AvgIpc) is 3.31. The zero-order chi connectivity index (χ0) is 16.5. The summed E-state index contributed by atoms with van der Waals surface area (Å²) < 4.78 is 11.0. The summed E-state index contributed by atoms with van der Waals surface area (Å²) in [5.41, 5.74) is 1.29. The summed E-state index contributed by atoms with van der Waals surface area (Å²) in [5.74, 6) is 0.963. The topological polar surface area (TPSA) is 107 Å². The second-order valence-electron chi connectivity index (χ2n) is 5.00. The first-order chi connectivity index (χ1) is 11.7. The van der Waals surface area contributed by atoms with E-state index >= 15 is 0 Å². The third kappa shape index (κ3) is 2.76. The summed E-state index contributed by atoms with van der Waals surface area (Å²) in [4.78, 5) is 20.7. The van der Waals surface area contributed by atoms with Gasteiger partial charge in [-0.05, 0) is 19.1 Å². The fraction of sp³-hybridized carbons (Fsp3) is 0.133. The van der Waals surface area contributed by atoms with E-state index in [4.69, 9.17) is 9.05 Å². The molecular weight excluding hydrogens is 330 g/mol. The van der Waals surface area contributed by atoms with Crippen molar-refractivity contribution in [3.05, 3.63) is 47.0 Å². The van der Waals surface area contributed by atoms with Gasteiger partial charge < -0.3 is 14.4 Å². The highest BCUT2D eigenvalue weighted by molar-refractivity contribution is 7.20. The normalized spacial score (nSPS) is 11.0. The molecule has 0 spiro atoms. The van der Waals surface area contributed by atoms with Gasteiger partial charge in [0.2, 0.25) is 11.7 Å². The standard InChI is InChI=1S/C15H11N5O3S/c1-8-6-10(19-22-8)13-18-12(23-20-13)7-16-14(21)15-17-9-4-2-3-5-11(9)24-15/h2-6H,7H2,1H3,(H,16,21). The molecular formula is C15H11N5O3S. The van der Waals surface area contributed by atoms with Gasteiger partial charge in [0.1, 0.15) is 5.76 Å². The summed E-state index contributed by atoms with van der Waals surface area (Å²) in [6.45, 7) is 1.88. The molecule has 120 valence electrons. The van der Waals surface area contributed by atoms with Crippen LogP contribution < -0.4 is 5.32 Å². The van der Waals surface area contributed by atoms with Crippen LogP contribution in [0.3, 0.4) is 0 Å². The number of benzene rings is 1. The molecule has 0 fully saturated rings. The summed E-state index contributed by atoms with van der Waals surface area (Å²) in [5, 5.41) is 10.7. The molecule has 0 aliphatic carbocycles. The van der Waals surface area contributed by atoms with Gasteiger partial charge in [0.15, 0.2) is 10.7 Å². The number of para-hydroxylation sites is 1. The summed E-state index contributed by atoms with van der Waals surface area (Å²) in [6, 6.07) is 9.29. The second-order valence-corrected chi connectivity index (χ2v) is 6.03. The van der Waals surface area contributed by atoms with Gasteiger partial charge in [-0.25, -0.2) is 4.98 Å². The number of carbonyl (C=O) groups excluding carboxylic acids is 1. The molecule has 0 aliphatic heterocycles. The predicted octanol–water partition coefficient (Wildman–Crippen LogP) is 2.57. The Morgan fingerprint density at radius 1 is 1.21 bits per heavy atom. The molecule has 0 radical (unpaired) electrons. The largest absolute Gasteiger partial charge is 0.361 e. The van der Waals surface area contributed by atoms with E-state index in [1.54, 1.807) is 13.0 Å². The van der Waals surface area contributed by atoms with Crippen LogP contribution in [-0.4, -0.2) is 26.2 Å². The van der Waals surface area contributed by atoms with Gasteiger partial charge in [-0.2, -0.15) is 4.98 Å². The van der Waals surface area contributed by atoms with Gasteiger partial charge in [-0.1, -0.05) is 22.4 Å². The van der Waals surface area contributed by atoms with Crippen LogP contribution in [-0.2, 0) is 6.54 Å². The van der Waals surface area contributed by atoms with Crippen molar-refractivity contribution in [1.29, 1.82) is 0 Å². The minimum absolute atomic E-state index is 0.110. The maximum absolute atomic E-state index is 12.2. The first-order valence-corrected chi connectivity index (χ1v) is 7.91. The van der Waals surface area contributed by atoms with Crippen molar-refractivity contribution in [1.82, 2.24) is 25.6 Å². The number of carbonyl (C=O) groups is 1. The summed E-state index contributed by atoms with van der Waals surface area (Å²) in [7, 11) is 0. The van der Waals surface area contributed by atoms with E-state index in [-0.39, 0.29) is 18.3 Å². The van der Waals surface area contributed by atoms with Crippen molar-refractivity contribution in [2.75, 3.05) is 0 Å². The SMILES string of the molecule is Cc1cc(-c2noc(CNC(=O)c3nc4ccccc4s3)n2)no1. The zero-order valence-electron chi connectivity index (χ0n) is 12.5. The highest BCUT2D eigenvalue weighted by Crippen LogP contribution is 2.21. The van der Waals surface area contributed by atoms with Gasteiger partial charge in [0.25, 0.3) is 5.91 Å². The Bertz CT molecular complexity index is 986. The minimum atomic E-state index is -0.284. The molecule has 3 heterocycles. The van der Waals surface area contributed by atoms with Crippen molar-refractivity contribution < 1.29 is 13.8 Å². The number of rotatable bonds is 4. The Morgan fingerprint density at radius 3 is 2.88 bits per heavy atom. The smallest absolute Gasteiger partial charge is 0.280 e. The third-order valence-electron chi connectivity index (χ3n) is 3.21. The second kappa shape index (κ2) is 5.85. The number of fused-ring (bicyclic) bond motifs is 1. The molecule has 4 aromatic rings. The van der Waals surface area contributed by atoms with E-state index in [1.807, 2.05) is 24.3 Å². The zero-order valence-corrected chi connectivity index (χ0v) is 13.3. The van der Waals surface area contributed by atoms with Gasteiger partial charge >= 0.3 is 0 Å². The molecule has 1 amide bonds. The number of hydrogen-bond donors (Lipinski definition) is 1. The molecule has 8 nitrogen and oxygen atoms in total. The van der Waals surface area contributed by atoms with Crippen LogP contribution in [0, 0.1) is 6.92 Å². The monoisotopic (exact) mass is 341 g/mol. The molecule has 0 bridgehead atoms. The molecule has 0 saturated heterocycles. The van der Waals surface area contributed by atoms with Crippen molar-refractivity contribution in [3.63, 3.8) is 0 Å². The predicted molar refractivity (Wildman–Crippen MR) is 85.3 cm³/mol. The van der Waals surface area contributed by atoms with Gasteiger partial charge in [0.05, 0.1) is 16.8 Å². The van der Waals surface area contributed by atoms with Crippen LogP contribution in [0.1, 0.15) is 21.5 Å². The Balaban J connectivity index is 1.44. The molecule has 4 rings (SSSR count). The van der Waals surface area contributed by atoms with Crippen LogP contribution in [0.2, 0.25) is 0 Å². The average molecular weight is 341 g/mol. The molecule has 0 aliphatic rings. The Morgan fingerprint density at radius 2 is 2.08 bits per heavy atom. The van der Waals surface area contributed by atoms with Crippen LogP contribution in [0.25, 0.3) is 21.7 Å². The number of nitrogens with one attached hydrogen (secondary N) is 1. The number of aromatic nitrogens is 4. The van der Waals surface area contributed by atoms with Crippen LogP contribution >= 0.6 is 11.3 Å². The first-order valence-electron chi connectivity index (χ1n) is 7.09. The third-order valence-corrected chi connectivity index (χ3v) is 4.25. The van der Waals surface area contributed by atoms with Gasteiger partial charge in [0, 0.05) is 6.07 Å². The lowest BCUT2D eigenvalue weighted by atomic mass is 10.3. The molecule has 0 unspecified atom stereocenters. The fourth-order valence-electron chi connectivity index (χ4n) is 2.10. The molecule has 1 aromatic carbocycles. The van der Waals surface area contributed by atoms with Crippen molar-refractivity contribution in [3.8, 4) is 11.5 Å². The van der Waals surface area contributed by atoms with Crippen molar-refractivity contribution in [2.24, 2.45) is 0 Å². The summed E-state index contributed by atoms with van der Waals surface area (Å²) >= 11 is 1.33. The quantitative estimate of drug-likeness (QED) is 0.608. The maximum Gasteiger partial charge on any atom is 0.280 e. The fourth-order valence-corrected chi connectivity index (χ4v) is 2.99. The molecule has 9 heteroatoms. The first kappa shape index (κ1) is 14.5. The Kier molecular flexibility index (Phi) is 3.54. The number of aryl methyl sites for hydroxylation is 1. The van der Waals surface area contributed by atoms with E-state index < -0.39 is 0 Å². The van der Waals surface area contributed by atoms with Crippen molar-refractivity contribution in [2.45, 2.75) is 13.5 Å². The molecule has 24 heavy (non-hydrogen) atoms. The van der Waals surface area contributed by atoms with E-state index in [0.29, 0.717) is 22.3 Å². The van der Waals surface area contributed by atoms with Crippen LogP contribution in [0.5, 0.6) is 0 Å². The highest BCUT2D eigenvalue weighted by atomic mass is 32.1. The number of thiazole rings is 1. The van der Waals surface area contributed by atoms with Crippen molar-refractivity contribution >= 4 is 27.5 Å². The number of amides is 1. The van der Waals surface area contributed by atoms with Gasteiger partial charge in [-0.15, -0.1) is 11.3 Å².